The molecule has 1 saturated heterocycles. The highest BCUT2D eigenvalue weighted by Crippen LogP contribution is 2.35. The standard InChI is InChI=1S/C29H30N4O5/c1-3-37-28(35)20-11-14-22(15-12-20)30-27(34)24-10-6-5-9-23(24)25-19-21(29(36)38-4-2)13-16-26(25)31-32-33-17-7-8-18-33/h5-6,9-16,19H,3-4,7-8,17-18H2,1-2H3,(H,30,34). The molecule has 1 aliphatic rings. The average molecular weight is 515 g/mol. The van der Waals surface area contributed by atoms with E-state index >= 15 is 0 Å². The van der Waals surface area contributed by atoms with Crippen LogP contribution < -0.4 is 5.32 Å². The summed E-state index contributed by atoms with van der Waals surface area (Å²) in [7, 11) is 0. The maximum Gasteiger partial charge on any atom is 0.338 e. The molecule has 1 amide bonds. The van der Waals surface area contributed by atoms with Gasteiger partial charge in [-0.2, -0.15) is 0 Å². The van der Waals surface area contributed by atoms with Crippen LogP contribution in [0.5, 0.6) is 0 Å². The molecule has 0 radical (unpaired) electrons. The monoisotopic (exact) mass is 514 g/mol. The van der Waals surface area contributed by atoms with E-state index in [1.165, 1.54) is 0 Å². The van der Waals surface area contributed by atoms with Gasteiger partial charge in [0.1, 0.15) is 0 Å². The van der Waals surface area contributed by atoms with E-state index in [1.807, 2.05) is 11.1 Å². The van der Waals surface area contributed by atoms with Gasteiger partial charge >= 0.3 is 11.9 Å². The van der Waals surface area contributed by atoms with Gasteiger partial charge in [0.15, 0.2) is 0 Å². The molecule has 0 bridgehead atoms. The summed E-state index contributed by atoms with van der Waals surface area (Å²) < 4.78 is 10.2. The normalized spacial score (nSPS) is 12.9. The van der Waals surface area contributed by atoms with E-state index in [0.29, 0.717) is 39.2 Å². The number of nitrogens with zero attached hydrogens (tertiary/aromatic N) is 3. The molecule has 3 aromatic carbocycles. The summed E-state index contributed by atoms with van der Waals surface area (Å²) in [4.78, 5) is 37.8. The molecule has 0 spiro atoms. The van der Waals surface area contributed by atoms with Gasteiger partial charge in [-0.15, -0.1) is 5.11 Å². The Morgan fingerprint density at radius 2 is 1.45 bits per heavy atom. The van der Waals surface area contributed by atoms with Crippen LogP contribution in [0.3, 0.4) is 0 Å². The van der Waals surface area contributed by atoms with E-state index in [-0.39, 0.29) is 19.1 Å². The van der Waals surface area contributed by atoms with E-state index in [0.717, 1.165) is 25.9 Å². The Kier molecular flexibility index (Phi) is 8.81. The third-order valence-corrected chi connectivity index (χ3v) is 5.98. The highest BCUT2D eigenvalue weighted by Gasteiger charge is 2.19. The molecule has 4 rings (SSSR count). The predicted molar refractivity (Wildman–Crippen MR) is 144 cm³/mol. The van der Waals surface area contributed by atoms with Gasteiger partial charge < -0.3 is 14.8 Å². The lowest BCUT2D eigenvalue weighted by Gasteiger charge is -2.14. The fourth-order valence-corrected chi connectivity index (χ4v) is 4.10. The second-order valence-electron chi connectivity index (χ2n) is 8.60. The first-order chi connectivity index (χ1) is 18.5. The largest absolute Gasteiger partial charge is 0.462 e. The van der Waals surface area contributed by atoms with Gasteiger partial charge in [0.25, 0.3) is 5.91 Å². The number of esters is 2. The molecule has 1 fully saturated rings. The SMILES string of the molecule is CCOC(=O)c1ccc(NC(=O)c2ccccc2-c2cc(C(=O)OCC)ccc2N=NN2CCCC2)cc1. The van der Waals surface area contributed by atoms with E-state index in [4.69, 9.17) is 9.47 Å². The van der Waals surface area contributed by atoms with E-state index in [1.54, 1.807) is 74.5 Å². The van der Waals surface area contributed by atoms with Crippen molar-refractivity contribution in [3.63, 3.8) is 0 Å². The Hall–Kier alpha value is -4.53. The van der Waals surface area contributed by atoms with Gasteiger partial charge in [0.05, 0.1) is 30.0 Å². The average Bonchev–Trinajstić information content (AvgIpc) is 3.46. The van der Waals surface area contributed by atoms with Crippen LogP contribution in [0.25, 0.3) is 11.1 Å². The van der Waals surface area contributed by atoms with Crippen molar-refractivity contribution in [3.8, 4) is 11.1 Å². The van der Waals surface area contributed by atoms with Gasteiger partial charge in [-0.1, -0.05) is 23.4 Å². The summed E-state index contributed by atoms with van der Waals surface area (Å²) in [6.07, 6.45) is 2.13. The van der Waals surface area contributed by atoms with Gasteiger partial charge in [-0.25, -0.2) is 9.59 Å². The molecule has 1 aliphatic heterocycles. The highest BCUT2D eigenvalue weighted by atomic mass is 16.5. The van der Waals surface area contributed by atoms with E-state index in [2.05, 4.69) is 15.7 Å². The van der Waals surface area contributed by atoms with Gasteiger partial charge in [0, 0.05) is 29.9 Å². The summed E-state index contributed by atoms with van der Waals surface area (Å²) in [6, 6.07) is 18.6. The van der Waals surface area contributed by atoms with Crippen molar-refractivity contribution < 1.29 is 23.9 Å². The summed E-state index contributed by atoms with van der Waals surface area (Å²) in [5, 5.41) is 13.6. The molecule has 38 heavy (non-hydrogen) atoms. The van der Waals surface area contributed by atoms with Crippen molar-refractivity contribution in [2.24, 2.45) is 10.3 Å². The van der Waals surface area contributed by atoms with Crippen LogP contribution >= 0.6 is 0 Å². The minimum Gasteiger partial charge on any atom is -0.462 e. The summed E-state index contributed by atoms with van der Waals surface area (Å²) in [5.74, 6) is -1.23. The van der Waals surface area contributed by atoms with Crippen molar-refractivity contribution in [1.82, 2.24) is 5.01 Å². The molecule has 0 unspecified atom stereocenters. The molecule has 9 heteroatoms. The third kappa shape index (κ3) is 6.42. The van der Waals surface area contributed by atoms with Crippen LogP contribution in [-0.2, 0) is 9.47 Å². The number of hydrogen-bond donors (Lipinski definition) is 1. The zero-order valence-corrected chi connectivity index (χ0v) is 21.5. The summed E-state index contributed by atoms with van der Waals surface area (Å²) >= 11 is 0. The molecule has 0 saturated carbocycles. The van der Waals surface area contributed by atoms with Crippen molar-refractivity contribution >= 4 is 29.2 Å². The summed E-state index contributed by atoms with van der Waals surface area (Å²) in [5.41, 5.74) is 3.37. The molecule has 9 nitrogen and oxygen atoms in total. The fraction of sp³-hybridized carbons (Fsp3) is 0.276. The lowest BCUT2D eigenvalue weighted by Crippen LogP contribution is -2.14. The molecule has 1 heterocycles. The van der Waals surface area contributed by atoms with E-state index in [9.17, 15) is 14.4 Å². The number of carbonyl (C=O) groups is 3. The zero-order chi connectivity index (χ0) is 26.9. The number of rotatable bonds is 9. The summed E-state index contributed by atoms with van der Waals surface area (Å²) in [6.45, 7) is 5.70. The Morgan fingerprint density at radius 1 is 0.816 bits per heavy atom. The number of hydrogen-bond acceptors (Lipinski definition) is 7. The number of amides is 1. The first-order valence-corrected chi connectivity index (χ1v) is 12.7. The maximum absolute atomic E-state index is 13.4. The van der Waals surface area contributed by atoms with Gasteiger partial charge in [0.2, 0.25) is 0 Å². The minimum atomic E-state index is -0.458. The topological polar surface area (TPSA) is 110 Å². The molecular formula is C29H30N4O5. The van der Waals surface area contributed by atoms with Crippen molar-refractivity contribution in [3.05, 3.63) is 83.4 Å². The van der Waals surface area contributed by atoms with Crippen molar-refractivity contribution in [2.45, 2.75) is 26.7 Å². The number of benzene rings is 3. The van der Waals surface area contributed by atoms with Crippen LogP contribution in [0.2, 0.25) is 0 Å². The predicted octanol–water partition coefficient (Wildman–Crippen LogP) is 6.05. The molecule has 0 atom stereocenters. The second kappa shape index (κ2) is 12.6. The Balaban J connectivity index is 1.67. The third-order valence-electron chi connectivity index (χ3n) is 5.98. The number of anilines is 1. The van der Waals surface area contributed by atoms with Crippen LogP contribution in [0.4, 0.5) is 11.4 Å². The minimum absolute atomic E-state index is 0.249. The Morgan fingerprint density at radius 3 is 2.13 bits per heavy atom. The van der Waals surface area contributed by atoms with Gasteiger partial charge in [-0.05, 0) is 80.8 Å². The fourth-order valence-electron chi connectivity index (χ4n) is 4.10. The lowest BCUT2D eigenvalue weighted by molar-refractivity contribution is 0.0517. The van der Waals surface area contributed by atoms with Crippen LogP contribution in [0, 0.1) is 0 Å². The maximum atomic E-state index is 13.4. The first-order valence-electron chi connectivity index (χ1n) is 12.7. The number of nitrogens with one attached hydrogen (secondary N) is 1. The van der Waals surface area contributed by atoms with Crippen molar-refractivity contribution in [1.29, 1.82) is 0 Å². The van der Waals surface area contributed by atoms with E-state index < -0.39 is 11.9 Å². The Bertz CT molecular complexity index is 1330. The number of carbonyl (C=O) groups excluding carboxylic acids is 3. The Labute approximate surface area is 221 Å². The smallest absolute Gasteiger partial charge is 0.338 e. The highest BCUT2D eigenvalue weighted by molar-refractivity contribution is 6.10. The molecule has 196 valence electrons. The quantitative estimate of drug-likeness (QED) is 0.275. The van der Waals surface area contributed by atoms with Gasteiger partial charge in [-0.3, -0.25) is 9.80 Å². The molecule has 1 N–H and O–H groups in total. The molecular weight excluding hydrogens is 484 g/mol. The first kappa shape index (κ1) is 26.5. The molecule has 0 aliphatic carbocycles. The van der Waals surface area contributed by atoms with Crippen LogP contribution in [0.15, 0.2) is 77.1 Å². The molecule has 0 aromatic heterocycles. The molecule has 3 aromatic rings. The second-order valence-corrected chi connectivity index (χ2v) is 8.60. The lowest BCUT2D eigenvalue weighted by atomic mass is 9.96. The van der Waals surface area contributed by atoms with Crippen LogP contribution in [0.1, 0.15) is 57.8 Å². The zero-order valence-electron chi connectivity index (χ0n) is 21.5. The van der Waals surface area contributed by atoms with Crippen molar-refractivity contribution in [2.75, 3.05) is 31.6 Å². The number of ether oxygens (including phenoxy) is 2. The van der Waals surface area contributed by atoms with Crippen LogP contribution in [-0.4, -0.2) is 49.2 Å².